The Kier molecular flexibility index (Phi) is 8.16. The Hall–Kier alpha value is -2.94. The average molecular weight is 468 g/mol. The Bertz CT molecular complexity index is 942. The molecule has 2 heterocycles. The second-order valence-electron chi connectivity index (χ2n) is 8.99. The number of nitrogens with zero attached hydrogens (tertiary/aromatic N) is 1. The van der Waals surface area contributed by atoms with Gasteiger partial charge in [0.1, 0.15) is 6.10 Å². The molecular weight excluding hydrogens is 434 g/mol. The number of ether oxygens (including phenoxy) is 2. The summed E-state index contributed by atoms with van der Waals surface area (Å²) in [7, 11) is 0. The van der Waals surface area contributed by atoms with Gasteiger partial charge in [0.15, 0.2) is 0 Å². The second-order valence-corrected chi connectivity index (χ2v) is 8.99. The van der Waals surface area contributed by atoms with E-state index in [0.29, 0.717) is 18.5 Å². The SMILES string of the molecule is C[C@H](NC(=O)C[C@@H]1CC[C@@H]2[C@H](COC[C@@H](O)CN2C(=O)Nc2ccccc2)O1)c1ccccc1. The van der Waals surface area contributed by atoms with Gasteiger partial charge in [-0.25, -0.2) is 4.79 Å². The Morgan fingerprint density at radius 1 is 1.06 bits per heavy atom. The first-order chi connectivity index (χ1) is 16.5. The third-order valence-corrected chi connectivity index (χ3v) is 6.36. The van der Waals surface area contributed by atoms with Crippen LogP contribution >= 0.6 is 0 Å². The summed E-state index contributed by atoms with van der Waals surface area (Å²) in [5, 5.41) is 16.2. The summed E-state index contributed by atoms with van der Waals surface area (Å²) in [6.45, 7) is 2.50. The molecule has 8 heteroatoms. The second kappa shape index (κ2) is 11.5. The van der Waals surface area contributed by atoms with Crippen molar-refractivity contribution in [3.8, 4) is 0 Å². The lowest BCUT2D eigenvalue weighted by Crippen LogP contribution is -2.58. The Balaban J connectivity index is 1.37. The molecule has 2 aromatic carbocycles. The number of anilines is 1. The maximum Gasteiger partial charge on any atom is 0.322 e. The van der Waals surface area contributed by atoms with Crippen LogP contribution in [-0.4, -0.2) is 66.1 Å². The van der Waals surface area contributed by atoms with E-state index in [-0.39, 0.29) is 62.4 Å². The molecule has 4 rings (SSSR count). The van der Waals surface area contributed by atoms with E-state index in [2.05, 4.69) is 10.6 Å². The van der Waals surface area contributed by atoms with Crippen LogP contribution in [0.3, 0.4) is 0 Å². The molecule has 3 amide bonds. The van der Waals surface area contributed by atoms with Crippen molar-refractivity contribution in [2.45, 2.75) is 56.6 Å². The number of fused-ring (bicyclic) bond motifs is 1. The first kappa shape index (κ1) is 24.2. The number of amides is 3. The summed E-state index contributed by atoms with van der Waals surface area (Å²) in [5.41, 5.74) is 1.74. The number of hydrogen-bond acceptors (Lipinski definition) is 5. The predicted octanol–water partition coefficient (Wildman–Crippen LogP) is 3.10. The van der Waals surface area contributed by atoms with Gasteiger partial charge in [0, 0.05) is 5.69 Å². The van der Waals surface area contributed by atoms with E-state index < -0.39 is 6.10 Å². The molecule has 2 saturated heterocycles. The van der Waals surface area contributed by atoms with Crippen LogP contribution in [0, 0.1) is 0 Å². The van der Waals surface area contributed by atoms with Crippen LogP contribution in [0.5, 0.6) is 0 Å². The van der Waals surface area contributed by atoms with Crippen LogP contribution in [0.1, 0.15) is 37.8 Å². The molecule has 2 aromatic rings. The van der Waals surface area contributed by atoms with Crippen molar-refractivity contribution in [1.29, 1.82) is 0 Å². The maximum absolute atomic E-state index is 13.1. The normalized spacial score (nSPS) is 25.9. The van der Waals surface area contributed by atoms with Crippen molar-refractivity contribution >= 4 is 17.6 Å². The highest BCUT2D eigenvalue weighted by molar-refractivity contribution is 5.89. The number of aliphatic hydroxyl groups is 1. The highest BCUT2D eigenvalue weighted by Crippen LogP contribution is 2.28. The molecule has 8 nitrogen and oxygen atoms in total. The lowest BCUT2D eigenvalue weighted by molar-refractivity contribution is -0.150. The molecule has 0 unspecified atom stereocenters. The third kappa shape index (κ3) is 6.34. The van der Waals surface area contributed by atoms with E-state index in [1.165, 1.54) is 0 Å². The summed E-state index contributed by atoms with van der Waals surface area (Å²) >= 11 is 0. The van der Waals surface area contributed by atoms with E-state index in [0.717, 1.165) is 5.56 Å². The summed E-state index contributed by atoms with van der Waals surface area (Å²) in [4.78, 5) is 27.4. The molecule has 2 aliphatic rings. The number of nitrogens with one attached hydrogen (secondary N) is 2. The van der Waals surface area contributed by atoms with Crippen LogP contribution in [0.15, 0.2) is 60.7 Å². The summed E-state index contributed by atoms with van der Waals surface area (Å²) < 4.78 is 11.9. The van der Waals surface area contributed by atoms with Gasteiger partial charge in [-0.1, -0.05) is 48.5 Å². The van der Waals surface area contributed by atoms with Gasteiger partial charge in [-0.3, -0.25) is 4.79 Å². The smallest absolute Gasteiger partial charge is 0.322 e. The first-order valence-corrected chi connectivity index (χ1v) is 11.9. The van der Waals surface area contributed by atoms with Crippen molar-refractivity contribution in [3.05, 3.63) is 66.2 Å². The third-order valence-electron chi connectivity index (χ3n) is 6.36. The number of carbonyl (C=O) groups excluding carboxylic acids is 2. The van der Waals surface area contributed by atoms with Gasteiger partial charge >= 0.3 is 6.03 Å². The molecular formula is C26H33N3O5. The number of urea groups is 1. The highest BCUT2D eigenvalue weighted by atomic mass is 16.5. The molecule has 0 aromatic heterocycles. The van der Waals surface area contributed by atoms with E-state index >= 15 is 0 Å². The van der Waals surface area contributed by atoms with Crippen LogP contribution in [0.25, 0.3) is 0 Å². The number of β-amino-alcohol motifs (C(OH)–C–C–N with tert-alkyl or cyclic N) is 1. The zero-order chi connectivity index (χ0) is 23.9. The molecule has 182 valence electrons. The highest BCUT2D eigenvalue weighted by Gasteiger charge is 2.40. The zero-order valence-electron chi connectivity index (χ0n) is 19.4. The van der Waals surface area contributed by atoms with Gasteiger partial charge in [-0.15, -0.1) is 0 Å². The summed E-state index contributed by atoms with van der Waals surface area (Å²) in [6.07, 6.45) is 0.155. The molecule has 3 N–H and O–H groups in total. The standard InChI is InChI=1S/C26H33N3O5/c1-18(19-8-4-2-5-9-19)27-25(31)14-22-12-13-23-24(34-22)17-33-16-21(30)15-29(23)26(32)28-20-10-6-3-7-11-20/h2-11,18,21-24,30H,12-17H2,1H3,(H,27,31)(H,28,32)/t18-,21-,22-,23+,24-/m0/s1. The number of para-hydroxylation sites is 1. The Labute approximate surface area is 200 Å². The molecule has 0 saturated carbocycles. The van der Waals surface area contributed by atoms with Gasteiger partial charge in [0.05, 0.1) is 50.5 Å². The van der Waals surface area contributed by atoms with Gasteiger partial charge in [0.25, 0.3) is 0 Å². The van der Waals surface area contributed by atoms with Crippen LogP contribution < -0.4 is 10.6 Å². The topological polar surface area (TPSA) is 100 Å². The van der Waals surface area contributed by atoms with E-state index in [4.69, 9.17) is 9.47 Å². The summed E-state index contributed by atoms with van der Waals surface area (Å²) in [5.74, 6) is -0.0688. The molecule has 0 aliphatic carbocycles. The van der Waals surface area contributed by atoms with Gasteiger partial charge < -0.3 is 30.1 Å². The monoisotopic (exact) mass is 467 g/mol. The van der Waals surface area contributed by atoms with Crippen molar-refractivity contribution in [3.63, 3.8) is 0 Å². The molecule has 2 fully saturated rings. The van der Waals surface area contributed by atoms with Crippen LogP contribution in [-0.2, 0) is 14.3 Å². The minimum atomic E-state index is -0.773. The average Bonchev–Trinajstić information content (AvgIpc) is 2.83. The number of hydrogen-bond donors (Lipinski definition) is 3. The fraction of sp³-hybridized carbons (Fsp3) is 0.462. The molecule has 2 aliphatic heterocycles. The molecule has 34 heavy (non-hydrogen) atoms. The predicted molar refractivity (Wildman–Crippen MR) is 128 cm³/mol. The largest absolute Gasteiger partial charge is 0.389 e. The maximum atomic E-state index is 13.1. The van der Waals surface area contributed by atoms with E-state index in [9.17, 15) is 14.7 Å². The minimum Gasteiger partial charge on any atom is -0.389 e. The fourth-order valence-electron chi connectivity index (χ4n) is 4.62. The number of rotatable bonds is 5. The molecule has 0 bridgehead atoms. The van der Waals surface area contributed by atoms with Gasteiger partial charge in [-0.2, -0.15) is 0 Å². The van der Waals surface area contributed by atoms with Crippen LogP contribution in [0.4, 0.5) is 10.5 Å². The van der Waals surface area contributed by atoms with Crippen molar-refractivity contribution in [1.82, 2.24) is 10.2 Å². The Morgan fingerprint density at radius 2 is 1.76 bits per heavy atom. The quantitative estimate of drug-likeness (QED) is 0.628. The lowest BCUT2D eigenvalue weighted by Gasteiger charge is -2.44. The van der Waals surface area contributed by atoms with Crippen molar-refractivity contribution < 1.29 is 24.2 Å². The van der Waals surface area contributed by atoms with Crippen molar-refractivity contribution in [2.75, 3.05) is 25.1 Å². The van der Waals surface area contributed by atoms with Crippen molar-refractivity contribution in [2.24, 2.45) is 0 Å². The summed E-state index contributed by atoms with van der Waals surface area (Å²) in [6, 6.07) is 18.4. The molecule has 0 radical (unpaired) electrons. The van der Waals surface area contributed by atoms with E-state index in [1.807, 2.05) is 67.6 Å². The van der Waals surface area contributed by atoms with Crippen LogP contribution in [0.2, 0.25) is 0 Å². The zero-order valence-corrected chi connectivity index (χ0v) is 19.4. The minimum absolute atomic E-state index is 0.0688. The molecule has 0 spiro atoms. The fourth-order valence-corrected chi connectivity index (χ4v) is 4.62. The Morgan fingerprint density at radius 3 is 2.50 bits per heavy atom. The van der Waals surface area contributed by atoms with E-state index in [1.54, 1.807) is 4.90 Å². The lowest BCUT2D eigenvalue weighted by atomic mass is 9.94. The van der Waals surface area contributed by atoms with Gasteiger partial charge in [-0.05, 0) is 37.5 Å². The number of carbonyl (C=O) groups is 2. The first-order valence-electron chi connectivity index (χ1n) is 11.9. The number of benzene rings is 2. The van der Waals surface area contributed by atoms with Gasteiger partial charge in [0.2, 0.25) is 5.91 Å². The number of aliphatic hydroxyl groups excluding tert-OH is 1. The molecule has 5 atom stereocenters.